The third-order valence-electron chi connectivity index (χ3n) is 6.16. The number of hydrogen-bond acceptors (Lipinski definition) is 3. The zero-order chi connectivity index (χ0) is 13.9. The van der Waals surface area contributed by atoms with Gasteiger partial charge in [-0.3, -0.25) is 4.79 Å². The largest absolute Gasteiger partial charge is 0.377 e. The molecule has 0 aromatic heterocycles. The number of hydrogen-bond donors (Lipinski definition) is 2. The van der Waals surface area contributed by atoms with Crippen molar-refractivity contribution in [1.82, 2.24) is 5.32 Å². The van der Waals surface area contributed by atoms with Gasteiger partial charge in [0.1, 0.15) is 5.54 Å². The molecule has 0 spiro atoms. The summed E-state index contributed by atoms with van der Waals surface area (Å²) in [7, 11) is 0. The van der Waals surface area contributed by atoms with Crippen LogP contribution in [0.25, 0.3) is 0 Å². The standard InChI is InChI=1S/C15H26N2O2/c1-4-14(6-7-14)9-17-12(18)15(16)10-5-8-19-11(10)13(15,2)3/h10-11H,4-9,16H2,1-3H3,(H,17,18). The molecule has 4 nitrogen and oxygen atoms in total. The van der Waals surface area contributed by atoms with Gasteiger partial charge in [0.15, 0.2) is 0 Å². The maximum absolute atomic E-state index is 12.6. The minimum atomic E-state index is -0.752. The van der Waals surface area contributed by atoms with Crippen molar-refractivity contribution in [2.75, 3.05) is 13.2 Å². The summed E-state index contributed by atoms with van der Waals surface area (Å²) in [6.07, 6.45) is 4.68. The molecule has 0 bridgehead atoms. The Morgan fingerprint density at radius 3 is 2.68 bits per heavy atom. The van der Waals surface area contributed by atoms with E-state index in [4.69, 9.17) is 10.5 Å². The molecular weight excluding hydrogens is 240 g/mol. The minimum absolute atomic E-state index is 0.0315. The Balaban J connectivity index is 1.68. The maximum atomic E-state index is 12.6. The van der Waals surface area contributed by atoms with Gasteiger partial charge in [0.2, 0.25) is 5.91 Å². The predicted molar refractivity (Wildman–Crippen MR) is 73.5 cm³/mol. The summed E-state index contributed by atoms with van der Waals surface area (Å²) in [4.78, 5) is 12.6. The van der Waals surface area contributed by atoms with Crippen molar-refractivity contribution in [3.63, 3.8) is 0 Å². The Hall–Kier alpha value is -0.610. The van der Waals surface area contributed by atoms with E-state index in [1.807, 2.05) is 0 Å². The fraction of sp³-hybridized carbons (Fsp3) is 0.933. The Morgan fingerprint density at radius 1 is 1.42 bits per heavy atom. The molecule has 0 radical (unpaired) electrons. The molecule has 2 aliphatic carbocycles. The lowest BCUT2D eigenvalue weighted by atomic mass is 9.48. The van der Waals surface area contributed by atoms with Crippen molar-refractivity contribution < 1.29 is 9.53 Å². The molecule has 3 rings (SSSR count). The van der Waals surface area contributed by atoms with E-state index < -0.39 is 5.54 Å². The van der Waals surface area contributed by atoms with E-state index in [9.17, 15) is 4.79 Å². The summed E-state index contributed by atoms with van der Waals surface area (Å²) in [6.45, 7) is 7.85. The van der Waals surface area contributed by atoms with E-state index in [-0.39, 0.29) is 23.3 Å². The molecule has 1 amide bonds. The van der Waals surface area contributed by atoms with Crippen LogP contribution >= 0.6 is 0 Å². The van der Waals surface area contributed by atoms with Crippen LogP contribution in [0.15, 0.2) is 0 Å². The number of carbonyl (C=O) groups excluding carboxylic acids is 1. The Kier molecular flexibility index (Phi) is 2.78. The molecule has 19 heavy (non-hydrogen) atoms. The van der Waals surface area contributed by atoms with Crippen molar-refractivity contribution in [2.45, 2.75) is 58.1 Å². The molecular formula is C15H26N2O2. The van der Waals surface area contributed by atoms with E-state index in [2.05, 4.69) is 26.1 Å². The van der Waals surface area contributed by atoms with Gasteiger partial charge in [-0.15, -0.1) is 0 Å². The highest BCUT2D eigenvalue weighted by Gasteiger charge is 2.71. The number of carbonyl (C=O) groups is 1. The average Bonchev–Trinajstić information content (AvgIpc) is 3.01. The first kappa shape index (κ1) is 13.4. The monoisotopic (exact) mass is 266 g/mol. The zero-order valence-electron chi connectivity index (χ0n) is 12.3. The topological polar surface area (TPSA) is 64.4 Å². The maximum Gasteiger partial charge on any atom is 0.241 e. The third-order valence-corrected chi connectivity index (χ3v) is 6.16. The molecule has 1 aliphatic heterocycles. The van der Waals surface area contributed by atoms with Crippen LogP contribution in [-0.2, 0) is 9.53 Å². The molecule has 4 heteroatoms. The molecule has 2 saturated carbocycles. The highest BCUT2D eigenvalue weighted by molar-refractivity contribution is 5.89. The van der Waals surface area contributed by atoms with Gasteiger partial charge in [0.25, 0.3) is 0 Å². The van der Waals surface area contributed by atoms with Crippen molar-refractivity contribution in [3.05, 3.63) is 0 Å². The predicted octanol–water partition coefficient (Wildman–Crippen LogP) is 1.44. The van der Waals surface area contributed by atoms with Gasteiger partial charge in [-0.05, 0) is 31.1 Å². The molecule has 0 aromatic carbocycles. The first-order chi connectivity index (χ1) is 8.87. The second kappa shape index (κ2) is 3.95. The number of amides is 1. The quantitative estimate of drug-likeness (QED) is 0.809. The first-order valence-electron chi connectivity index (χ1n) is 7.56. The summed E-state index contributed by atoms with van der Waals surface area (Å²) in [5, 5.41) is 3.13. The molecule has 3 N–H and O–H groups in total. The number of nitrogens with two attached hydrogens (primary N) is 1. The number of rotatable bonds is 4. The first-order valence-corrected chi connectivity index (χ1v) is 7.56. The molecule has 3 atom stereocenters. The lowest BCUT2D eigenvalue weighted by molar-refractivity contribution is -0.175. The van der Waals surface area contributed by atoms with Gasteiger partial charge < -0.3 is 15.8 Å². The van der Waals surface area contributed by atoms with Gasteiger partial charge in [0.05, 0.1) is 6.10 Å². The van der Waals surface area contributed by atoms with Crippen LogP contribution in [0.5, 0.6) is 0 Å². The highest BCUT2D eigenvalue weighted by Crippen LogP contribution is 2.58. The van der Waals surface area contributed by atoms with Crippen molar-refractivity contribution in [3.8, 4) is 0 Å². The number of fused-ring (bicyclic) bond motifs is 1. The van der Waals surface area contributed by atoms with Crippen molar-refractivity contribution >= 4 is 5.91 Å². The second-order valence-electron chi connectivity index (χ2n) is 7.31. The summed E-state index contributed by atoms with van der Waals surface area (Å²) < 4.78 is 5.73. The van der Waals surface area contributed by atoms with Crippen LogP contribution in [0.1, 0.15) is 46.5 Å². The molecule has 1 heterocycles. The van der Waals surface area contributed by atoms with Crippen molar-refractivity contribution in [2.24, 2.45) is 22.5 Å². The van der Waals surface area contributed by atoms with Gasteiger partial charge in [-0.25, -0.2) is 0 Å². The second-order valence-corrected chi connectivity index (χ2v) is 7.31. The normalized spacial score (nSPS) is 41.3. The van der Waals surface area contributed by atoms with E-state index in [1.54, 1.807) is 0 Å². The fourth-order valence-electron chi connectivity index (χ4n) is 4.09. The van der Waals surface area contributed by atoms with Crippen LogP contribution in [0.3, 0.4) is 0 Å². The Morgan fingerprint density at radius 2 is 2.11 bits per heavy atom. The lowest BCUT2D eigenvalue weighted by Crippen LogP contribution is -2.80. The fourth-order valence-corrected chi connectivity index (χ4v) is 4.09. The highest BCUT2D eigenvalue weighted by atomic mass is 16.5. The Bertz CT molecular complexity index is 403. The molecule has 3 aliphatic rings. The Labute approximate surface area is 115 Å². The van der Waals surface area contributed by atoms with E-state index >= 15 is 0 Å². The zero-order valence-corrected chi connectivity index (χ0v) is 12.3. The summed E-state index contributed by atoms with van der Waals surface area (Å²) in [5.41, 5.74) is 5.86. The lowest BCUT2D eigenvalue weighted by Gasteiger charge is -2.60. The molecule has 3 fully saturated rings. The van der Waals surface area contributed by atoms with Gasteiger partial charge in [-0.1, -0.05) is 20.8 Å². The molecule has 3 unspecified atom stereocenters. The van der Waals surface area contributed by atoms with E-state index in [1.165, 1.54) is 12.8 Å². The average molecular weight is 266 g/mol. The molecule has 0 aromatic rings. The summed E-state index contributed by atoms with van der Waals surface area (Å²) in [5.74, 6) is 0.225. The van der Waals surface area contributed by atoms with Crippen LogP contribution in [0.4, 0.5) is 0 Å². The minimum Gasteiger partial charge on any atom is -0.377 e. The van der Waals surface area contributed by atoms with Gasteiger partial charge >= 0.3 is 0 Å². The van der Waals surface area contributed by atoms with Gasteiger partial charge in [0, 0.05) is 24.5 Å². The molecule has 108 valence electrons. The molecule has 1 saturated heterocycles. The van der Waals surface area contributed by atoms with Crippen LogP contribution < -0.4 is 11.1 Å². The summed E-state index contributed by atoms with van der Waals surface area (Å²) in [6, 6.07) is 0. The van der Waals surface area contributed by atoms with Crippen LogP contribution in [0.2, 0.25) is 0 Å². The van der Waals surface area contributed by atoms with E-state index in [0.29, 0.717) is 5.41 Å². The smallest absolute Gasteiger partial charge is 0.241 e. The van der Waals surface area contributed by atoms with Gasteiger partial charge in [-0.2, -0.15) is 0 Å². The third kappa shape index (κ3) is 1.62. The van der Waals surface area contributed by atoms with Crippen molar-refractivity contribution in [1.29, 1.82) is 0 Å². The van der Waals surface area contributed by atoms with Crippen LogP contribution in [-0.4, -0.2) is 30.7 Å². The number of ether oxygens (including phenoxy) is 1. The van der Waals surface area contributed by atoms with E-state index in [0.717, 1.165) is 26.0 Å². The summed E-state index contributed by atoms with van der Waals surface area (Å²) >= 11 is 0. The number of nitrogens with one attached hydrogen (secondary N) is 1. The van der Waals surface area contributed by atoms with Crippen LogP contribution in [0, 0.1) is 16.7 Å². The SMILES string of the molecule is CCC1(CNC(=O)C2(N)C3CCOC3C2(C)C)CC1.